The summed E-state index contributed by atoms with van der Waals surface area (Å²) in [5.41, 5.74) is -0.190. The Kier molecular flexibility index (Phi) is 15.3. The van der Waals surface area contributed by atoms with Crippen molar-refractivity contribution in [3.63, 3.8) is 0 Å². The number of benzene rings is 1. The fraction of sp³-hybridized carbons (Fsp3) is 0.720. The van der Waals surface area contributed by atoms with E-state index >= 15 is 0 Å². The van der Waals surface area contributed by atoms with E-state index in [9.17, 15) is 14.9 Å². The van der Waals surface area contributed by atoms with E-state index < -0.39 is 10.9 Å². The molecule has 0 atom stereocenters. The molecule has 6 heteroatoms. The van der Waals surface area contributed by atoms with Crippen molar-refractivity contribution in [3.05, 3.63) is 33.9 Å². The van der Waals surface area contributed by atoms with E-state index in [4.69, 9.17) is 9.47 Å². The summed E-state index contributed by atoms with van der Waals surface area (Å²) in [5.74, 6) is -0.325. The van der Waals surface area contributed by atoms with Gasteiger partial charge in [0.15, 0.2) is 0 Å². The molecule has 0 spiro atoms. The summed E-state index contributed by atoms with van der Waals surface area (Å²) >= 11 is 0. The van der Waals surface area contributed by atoms with Crippen LogP contribution in [0.25, 0.3) is 0 Å². The molecule has 6 nitrogen and oxygen atoms in total. The molecule has 0 aliphatic rings. The van der Waals surface area contributed by atoms with Gasteiger partial charge < -0.3 is 9.47 Å². The lowest BCUT2D eigenvalue weighted by atomic mass is 10.0. The number of non-ortho nitro benzene ring substituents is 1. The van der Waals surface area contributed by atoms with E-state index in [0.29, 0.717) is 12.4 Å². The molecule has 0 aromatic heterocycles. The van der Waals surface area contributed by atoms with Gasteiger partial charge in [0.25, 0.3) is 5.69 Å². The topological polar surface area (TPSA) is 78.7 Å². The molecular weight excluding hydrogens is 394 g/mol. The molecule has 0 saturated carbocycles. The van der Waals surface area contributed by atoms with Crippen molar-refractivity contribution in [1.29, 1.82) is 0 Å². The molecule has 175 valence electrons. The zero-order valence-electron chi connectivity index (χ0n) is 19.5. The highest BCUT2D eigenvalue weighted by Gasteiger charge is 2.19. The predicted octanol–water partition coefficient (Wildman–Crippen LogP) is 7.43. The summed E-state index contributed by atoms with van der Waals surface area (Å²) in [6.45, 7) is 4.61. The van der Waals surface area contributed by atoms with Crippen LogP contribution in [0.15, 0.2) is 12.1 Å². The van der Waals surface area contributed by atoms with Gasteiger partial charge in [-0.05, 0) is 19.4 Å². The summed E-state index contributed by atoms with van der Waals surface area (Å²) in [4.78, 5) is 22.4. The smallest absolute Gasteiger partial charge is 0.342 e. The molecule has 0 heterocycles. The number of nitro groups is 1. The maximum atomic E-state index is 12.1. The molecule has 0 unspecified atom stereocenters. The maximum absolute atomic E-state index is 12.1. The third-order valence-electron chi connectivity index (χ3n) is 5.35. The lowest BCUT2D eigenvalue weighted by molar-refractivity contribution is -0.385. The highest BCUT2D eigenvalue weighted by atomic mass is 16.6. The van der Waals surface area contributed by atoms with Crippen LogP contribution >= 0.6 is 0 Å². The first kappa shape index (κ1) is 26.9. The molecule has 0 fully saturated rings. The third kappa shape index (κ3) is 12.4. The van der Waals surface area contributed by atoms with Gasteiger partial charge in [-0.15, -0.1) is 0 Å². The average molecular weight is 435 g/mol. The van der Waals surface area contributed by atoms with E-state index in [-0.39, 0.29) is 17.9 Å². The summed E-state index contributed by atoms with van der Waals surface area (Å²) in [7, 11) is 0. The minimum absolute atomic E-state index is 0.0812. The number of carbonyl (C=O) groups is 1. The van der Waals surface area contributed by atoms with Crippen molar-refractivity contribution < 1.29 is 19.2 Å². The van der Waals surface area contributed by atoms with Crippen LogP contribution in [0, 0.1) is 16.2 Å². The molecule has 0 N–H and O–H groups in total. The van der Waals surface area contributed by atoms with Crippen LogP contribution in [-0.4, -0.2) is 24.1 Å². The highest BCUT2D eigenvalue weighted by Crippen LogP contribution is 2.25. The van der Waals surface area contributed by atoms with Crippen LogP contribution in [-0.2, 0) is 4.74 Å². The van der Waals surface area contributed by atoms with Crippen molar-refractivity contribution in [2.45, 2.75) is 104 Å². The van der Waals surface area contributed by atoms with E-state index in [1.54, 1.807) is 6.92 Å². The summed E-state index contributed by atoms with van der Waals surface area (Å²) in [6, 6.07) is 5.06. The summed E-state index contributed by atoms with van der Waals surface area (Å²) in [6.07, 6.45) is 18.0. The molecule has 31 heavy (non-hydrogen) atoms. The van der Waals surface area contributed by atoms with Crippen molar-refractivity contribution in [2.24, 2.45) is 0 Å². The second kappa shape index (κ2) is 17.6. The molecule has 1 aromatic carbocycles. The van der Waals surface area contributed by atoms with Crippen LogP contribution in [0.1, 0.15) is 114 Å². The number of esters is 1. The molecule has 0 saturated heterocycles. The predicted molar refractivity (Wildman–Crippen MR) is 124 cm³/mol. The molecular formula is C25H40NO5. The van der Waals surface area contributed by atoms with Gasteiger partial charge in [-0.1, -0.05) is 90.4 Å². The Labute approximate surface area is 187 Å². The Balaban J connectivity index is 2.13. The van der Waals surface area contributed by atoms with E-state index in [1.165, 1.54) is 89.2 Å². The van der Waals surface area contributed by atoms with E-state index in [0.717, 1.165) is 12.8 Å². The minimum atomic E-state index is -0.615. The molecule has 0 amide bonds. The molecule has 0 aliphatic heterocycles. The largest absolute Gasteiger partial charge is 0.493 e. The Morgan fingerprint density at radius 3 is 1.90 bits per heavy atom. The number of nitrogens with zero attached hydrogens (tertiary/aromatic N) is 1. The zero-order valence-corrected chi connectivity index (χ0v) is 19.5. The standard InChI is InChI=1S/C25H40NO5/c1-3-5-6-7-8-9-10-11-12-13-14-15-16-17-20-31-24-19-18-22(26(28)29)21-23(24)25(27)30-4-2/h19,21H,3-17,20H2,1-2H3. The van der Waals surface area contributed by atoms with Gasteiger partial charge in [0, 0.05) is 6.07 Å². The number of nitro benzene ring substituents is 1. The third-order valence-corrected chi connectivity index (χ3v) is 5.35. The van der Waals surface area contributed by atoms with Crippen molar-refractivity contribution >= 4 is 11.7 Å². The Hall–Kier alpha value is -2.11. The number of carbonyl (C=O) groups excluding carboxylic acids is 1. The Bertz CT molecular complexity index is 632. The van der Waals surface area contributed by atoms with Crippen LogP contribution in [0.5, 0.6) is 5.75 Å². The van der Waals surface area contributed by atoms with Gasteiger partial charge in [-0.2, -0.15) is 0 Å². The number of rotatable bonds is 19. The molecule has 1 radical (unpaired) electrons. The summed E-state index contributed by atoms with van der Waals surface area (Å²) < 4.78 is 10.7. The van der Waals surface area contributed by atoms with E-state index in [1.807, 2.05) is 0 Å². The summed E-state index contributed by atoms with van der Waals surface area (Å²) in [5, 5.41) is 10.9. The average Bonchev–Trinajstić information content (AvgIpc) is 2.76. The molecule has 0 aliphatic carbocycles. The maximum Gasteiger partial charge on any atom is 0.342 e. The number of hydrogen-bond acceptors (Lipinski definition) is 5. The second-order valence-corrected chi connectivity index (χ2v) is 8.02. The first-order chi connectivity index (χ1) is 15.1. The van der Waals surface area contributed by atoms with Crippen molar-refractivity contribution in [1.82, 2.24) is 0 Å². The van der Waals surface area contributed by atoms with Crippen LogP contribution in [0.3, 0.4) is 0 Å². The lowest BCUT2D eigenvalue weighted by Crippen LogP contribution is -2.09. The molecule has 1 rings (SSSR count). The first-order valence-corrected chi connectivity index (χ1v) is 12.1. The Morgan fingerprint density at radius 2 is 1.42 bits per heavy atom. The second-order valence-electron chi connectivity index (χ2n) is 8.02. The van der Waals surface area contributed by atoms with Gasteiger partial charge in [0.1, 0.15) is 11.3 Å². The fourth-order valence-electron chi connectivity index (χ4n) is 3.54. The monoisotopic (exact) mass is 434 g/mol. The quantitative estimate of drug-likeness (QED) is 0.0978. The fourth-order valence-corrected chi connectivity index (χ4v) is 3.54. The van der Waals surface area contributed by atoms with Gasteiger partial charge in [-0.3, -0.25) is 10.1 Å². The minimum Gasteiger partial charge on any atom is -0.493 e. The Morgan fingerprint density at radius 1 is 0.903 bits per heavy atom. The SMILES string of the molecule is CCCCCCCCCCCCCCCCOc1c[c]c([N+](=O)[O-])cc1C(=O)OCC. The first-order valence-electron chi connectivity index (χ1n) is 12.1. The van der Waals surface area contributed by atoms with Gasteiger partial charge in [-0.25, -0.2) is 4.79 Å². The highest BCUT2D eigenvalue weighted by molar-refractivity contribution is 5.93. The van der Waals surface area contributed by atoms with Crippen LogP contribution < -0.4 is 4.74 Å². The number of ether oxygens (including phenoxy) is 2. The van der Waals surface area contributed by atoms with Crippen LogP contribution in [0.2, 0.25) is 0 Å². The number of hydrogen-bond donors (Lipinski definition) is 0. The number of unbranched alkanes of at least 4 members (excludes halogenated alkanes) is 13. The van der Waals surface area contributed by atoms with Crippen LogP contribution in [0.4, 0.5) is 5.69 Å². The van der Waals surface area contributed by atoms with Gasteiger partial charge in [0.2, 0.25) is 0 Å². The van der Waals surface area contributed by atoms with Crippen molar-refractivity contribution in [3.8, 4) is 5.75 Å². The van der Waals surface area contributed by atoms with E-state index in [2.05, 4.69) is 13.0 Å². The van der Waals surface area contributed by atoms with Gasteiger partial charge >= 0.3 is 5.97 Å². The van der Waals surface area contributed by atoms with Gasteiger partial charge in [0.05, 0.1) is 24.2 Å². The zero-order chi connectivity index (χ0) is 22.7. The lowest BCUT2D eigenvalue weighted by Gasteiger charge is -2.10. The normalized spacial score (nSPS) is 10.8. The molecule has 1 aromatic rings. The molecule has 0 bridgehead atoms. The van der Waals surface area contributed by atoms with Crippen molar-refractivity contribution in [2.75, 3.05) is 13.2 Å².